The van der Waals surface area contributed by atoms with Gasteiger partial charge in [-0.3, -0.25) is 0 Å². The van der Waals surface area contributed by atoms with Gasteiger partial charge in [0, 0.05) is 17.7 Å². The van der Waals surface area contributed by atoms with Crippen LogP contribution in [0.25, 0.3) is 17.4 Å². The Hall–Kier alpha value is -3.54. The van der Waals surface area contributed by atoms with Gasteiger partial charge in [-0.05, 0) is 37.6 Å². The molecule has 0 atom stereocenters. The van der Waals surface area contributed by atoms with E-state index in [1.54, 1.807) is 25.3 Å². The van der Waals surface area contributed by atoms with Gasteiger partial charge in [0.15, 0.2) is 17.3 Å². The molecule has 150 valence electrons. The lowest BCUT2D eigenvalue weighted by Gasteiger charge is -2.13. The number of rotatable bonds is 8. The van der Waals surface area contributed by atoms with E-state index in [1.165, 1.54) is 6.08 Å². The van der Waals surface area contributed by atoms with E-state index in [1.807, 2.05) is 56.3 Å². The molecule has 2 aromatic carbocycles. The molecule has 3 aromatic rings. The number of benzene rings is 2. The molecule has 6 nitrogen and oxygen atoms in total. The third-order valence-corrected chi connectivity index (χ3v) is 3.94. The van der Waals surface area contributed by atoms with Gasteiger partial charge in [-0.15, -0.1) is 0 Å². The van der Waals surface area contributed by atoms with Crippen LogP contribution in [0.3, 0.4) is 0 Å². The number of nitrogens with zero attached hydrogens (tertiary/aromatic N) is 1. The predicted octanol–water partition coefficient (Wildman–Crippen LogP) is 4.89. The van der Waals surface area contributed by atoms with Crippen LogP contribution in [0.15, 0.2) is 65.2 Å². The Kier molecular flexibility index (Phi) is 6.68. The van der Waals surface area contributed by atoms with Crippen LogP contribution >= 0.6 is 0 Å². The minimum Gasteiger partial charge on any atom is -0.493 e. The van der Waals surface area contributed by atoms with Gasteiger partial charge in [0.1, 0.15) is 12.3 Å². The fourth-order valence-electron chi connectivity index (χ4n) is 2.61. The van der Waals surface area contributed by atoms with E-state index in [0.29, 0.717) is 23.0 Å². The topological polar surface area (TPSA) is 70.8 Å². The first-order valence-corrected chi connectivity index (χ1v) is 9.25. The van der Waals surface area contributed by atoms with Crippen molar-refractivity contribution in [1.82, 2.24) is 5.16 Å². The molecule has 0 amide bonds. The van der Waals surface area contributed by atoms with Crippen LogP contribution in [0, 0.1) is 0 Å². The first kappa shape index (κ1) is 20.2. The number of carbonyl (C=O) groups excluding carboxylic acids is 1. The first-order valence-electron chi connectivity index (χ1n) is 9.25. The number of carbonyl (C=O) groups is 1. The average molecular weight is 393 g/mol. The molecule has 3 rings (SSSR count). The van der Waals surface area contributed by atoms with Crippen LogP contribution in [-0.4, -0.2) is 24.3 Å². The number of aromatic nitrogens is 1. The Balaban J connectivity index is 1.57. The van der Waals surface area contributed by atoms with E-state index in [4.69, 9.17) is 18.7 Å². The van der Waals surface area contributed by atoms with Gasteiger partial charge in [-0.25, -0.2) is 4.79 Å². The second kappa shape index (κ2) is 9.59. The highest BCUT2D eigenvalue weighted by Gasteiger charge is 2.09. The quantitative estimate of drug-likeness (QED) is 0.401. The second-order valence-corrected chi connectivity index (χ2v) is 6.57. The van der Waals surface area contributed by atoms with Gasteiger partial charge in [0.2, 0.25) is 0 Å². The summed E-state index contributed by atoms with van der Waals surface area (Å²) in [4.78, 5) is 12.0. The molecule has 0 spiro atoms. The molecule has 0 unspecified atom stereocenters. The number of ether oxygens (including phenoxy) is 3. The molecule has 29 heavy (non-hydrogen) atoms. The highest BCUT2D eigenvalue weighted by molar-refractivity contribution is 5.87. The molecule has 6 heteroatoms. The van der Waals surface area contributed by atoms with Crippen molar-refractivity contribution in [1.29, 1.82) is 0 Å². The molecule has 0 bridgehead atoms. The molecule has 0 aliphatic carbocycles. The molecule has 1 heterocycles. The lowest BCUT2D eigenvalue weighted by molar-refractivity contribution is -0.139. The third-order valence-electron chi connectivity index (χ3n) is 3.94. The fourth-order valence-corrected chi connectivity index (χ4v) is 2.61. The lowest BCUT2D eigenvalue weighted by Crippen LogP contribution is -2.06. The minimum atomic E-state index is -0.476. The smallest absolute Gasteiger partial charge is 0.331 e. The molecule has 0 aliphatic heterocycles. The monoisotopic (exact) mass is 393 g/mol. The van der Waals surface area contributed by atoms with Crippen molar-refractivity contribution in [2.45, 2.75) is 26.6 Å². The highest BCUT2D eigenvalue weighted by Crippen LogP contribution is 2.29. The molecule has 0 saturated carbocycles. The van der Waals surface area contributed by atoms with E-state index in [-0.39, 0.29) is 12.7 Å². The average Bonchev–Trinajstić information content (AvgIpc) is 3.21. The number of methoxy groups -OCH3 is 1. The van der Waals surface area contributed by atoms with Gasteiger partial charge in [0.25, 0.3) is 0 Å². The van der Waals surface area contributed by atoms with Crippen molar-refractivity contribution in [2.24, 2.45) is 0 Å². The number of hydrogen-bond acceptors (Lipinski definition) is 6. The van der Waals surface area contributed by atoms with Crippen LogP contribution in [0.1, 0.15) is 25.1 Å². The number of hydrogen-bond donors (Lipinski definition) is 0. The minimum absolute atomic E-state index is 0.0317. The zero-order valence-electron chi connectivity index (χ0n) is 16.6. The summed E-state index contributed by atoms with van der Waals surface area (Å²) >= 11 is 0. The summed E-state index contributed by atoms with van der Waals surface area (Å²) in [7, 11) is 1.58. The van der Waals surface area contributed by atoms with Crippen molar-refractivity contribution in [3.05, 3.63) is 71.9 Å². The Bertz CT molecular complexity index is 976. The first-order chi connectivity index (χ1) is 14.0. The summed E-state index contributed by atoms with van der Waals surface area (Å²) in [6, 6.07) is 16.8. The van der Waals surface area contributed by atoms with Crippen LogP contribution in [0.4, 0.5) is 0 Å². The van der Waals surface area contributed by atoms with Crippen LogP contribution in [-0.2, 0) is 16.1 Å². The molecule has 0 fully saturated rings. The van der Waals surface area contributed by atoms with E-state index < -0.39 is 5.97 Å². The van der Waals surface area contributed by atoms with E-state index in [2.05, 4.69) is 5.16 Å². The molecule has 0 saturated heterocycles. The van der Waals surface area contributed by atoms with Crippen molar-refractivity contribution >= 4 is 12.0 Å². The van der Waals surface area contributed by atoms with E-state index in [0.717, 1.165) is 11.1 Å². The maximum absolute atomic E-state index is 12.0. The van der Waals surface area contributed by atoms with Crippen molar-refractivity contribution in [3.63, 3.8) is 0 Å². The summed E-state index contributed by atoms with van der Waals surface area (Å²) in [5.74, 6) is 1.41. The summed E-state index contributed by atoms with van der Waals surface area (Å²) in [5.41, 5.74) is 2.25. The summed E-state index contributed by atoms with van der Waals surface area (Å²) in [6.07, 6.45) is 3.05. The van der Waals surface area contributed by atoms with Crippen LogP contribution < -0.4 is 9.47 Å². The molecule has 0 N–H and O–H groups in total. The molecular formula is C23H23NO5. The van der Waals surface area contributed by atoms with Crippen molar-refractivity contribution in [2.75, 3.05) is 7.11 Å². The van der Waals surface area contributed by atoms with Gasteiger partial charge in [-0.2, -0.15) is 0 Å². The molecular weight excluding hydrogens is 370 g/mol. The van der Waals surface area contributed by atoms with Gasteiger partial charge < -0.3 is 18.7 Å². The standard InChI is InChI=1S/C23H23NO5/c1-16(2)28-20-11-9-17(13-22(20)26-3)10-12-23(25)27-15-19-14-21(29-24-19)18-7-5-4-6-8-18/h4-14,16H,15H2,1-3H3/b12-10+. The molecule has 0 aliphatic rings. The van der Waals surface area contributed by atoms with Crippen molar-refractivity contribution < 1.29 is 23.5 Å². The second-order valence-electron chi connectivity index (χ2n) is 6.57. The van der Waals surface area contributed by atoms with Crippen molar-refractivity contribution in [3.8, 4) is 22.8 Å². The molecule has 0 radical (unpaired) electrons. The van der Waals surface area contributed by atoms with Gasteiger partial charge in [-0.1, -0.05) is 41.6 Å². The van der Waals surface area contributed by atoms with E-state index >= 15 is 0 Å². The Morgan fingerprint density at radius 2 is 1.90 bits per heavy atom. The van der Waals surface area contributed by atoms with Crippen LogP contribution in [0.2, 0.25) is 0 Å². The normalized spacial score (nSPS) is 11.0. The Morgan fingerprint density at radius 3 is 2.62 bits per heavy atom. The maximum atomic E-state index is 12.0. The predicted molar refractivity (Wildman–Crippen MR) is 110 cm³/mol. The summed E-state index contributed by atoms with van der Waals surface area (Å²) in [5, 5.41) is 3.93. The lowest BCUT2D eigenvalue weighted by atomic mass is 10.2. The summed E-state index contributed by atoms with van der Waals surface area (Å²) < 4.78 is 21.5. The third kappa shape index (κ3) is 5.72. The SMILES string of the molecule is COc1cc(/C=C/C(=O)OCc2cc(-c3ccccc3)on2)ccc1OC(C)C. The zero-order valence-corrected chi connectivity index (χ0v) is 16.6. The highest BCUT2D eigenvalue weighted by atomic mass is 16.5. The Labute approximate surface area is 169 Å². The van der Waals surface area contributed by atoms with Crippen LogP contribution in [0.5, 0.6) is 11.5 Å². The fraction of sp³-hybridized carbons (Fsp3) is 0.217. The largest absolute Gasteiger partial charge is 0.493 e. The van der Waals surface area contributed by atoms with Gasteiger partial charge >= 0.3 is 5.97 Å². The zero-order chi connectivity index (χ0) is 20.6. The molecule has 1 aromatic heterocycles. The maximum Gasteiger partial charge on any atom is 0.331 e. The van der Waals surface area contributed by atoms with E-state index in [9.17, 15) is 4.79 Å². The summed E-state index contributed by atoms with van der Waals surface area (Å²) in [6.45, 7) is 3.92. The number of esters is 1. The Morgan fingerprint density at radius 1 is 1.10 bits per heavy atom. The van der Waals surface area contributed by atoms with Gasteiger partial charge in [0.05, 0.1) is 13.2 Å².